The highest BCUT2D eigenvalue weighted by atomic mass is 32.1. The van der Waals surface area contributed by atoms with Crippen LogP contribution in [-0.2, 0) is 9.53 Å². The molecule has 78 valence electrons. The lowest BCUT2D eigenvalue weighted by atomic mass is 10.0. The molecule has 0 saturated heterocycles. The monoisotopic (exact) mass is 220 g/mol. The molecule has 0 spiro atoms. The summed E-state index contributed by atoms with van der Waals surface area (Å²) in [6.07, 6.45) is 0. The number of hydrogen-bond donors (Lipinski definition) is 0. The Labute approximate surface area is 92.5 Å². The van der Waals surface area contributed by atoms with Crippen LogP contribution in [0.4, 0.5) is 0 Å². The molecule has 1 aromatic heterocycles. The third-order valence-electron chi connectivity index (χ3n) is 2.53. The highest BCUT2D eigenvalue weighted by Gasteiger charge is 2.15. The van der Waals surface area contributed by atoms with Crippen molar-refractivity contribution in [2.24, 2.45) is 0 Å². The zero-order chi connectivity index (χ0) is 10.8. The maximum absolute atomic E-state index is 11.4. The molecule has 0 aliphatic carbocycles. The molecule has 0 N–H and O–H groups in total. The highest BCUT2D eigenvalue weighted by molar-refractivity contribution is 7.17. The van der Waals surface area contributed by atoms with Gasteiger partial charge in [0.05, 0.1) is 13.0 Å². The van der Waals surface area contributed by atoms with E-state index in [0.29, 0.717) is 0 Å². The van der Waals surface area contributed by atoms with Gasteiger partial charge in [0.1, 0.15) is 0 Å². The van der Waals surface area contributed by atoms with Gasteiger partial charge in [0.15, 0.2) is 0 Å². The highest BCUT2D eigenvalue weighted by Crippen LogP contribution is 2.25. The summed E-state index contributed by atoms with van der Waals surface area (Å²) in [6, 6.07) is 8.15. The first-order chi connectivity index (χ1) is 7.22. The number of ether oxygens (including phenoxy) is 1. The van der Waals surface area contributed by atoms with Crippen molar-refractivity contribution in [2.45, 2.75) is 12.8 Å². The van der Waals surface area contributed by atoms with Crippen LogP contribution in [-0.4, -0.2) is 13.1 Å². The molecule has 1 atom stereocenters. The second-order valence-electron chi connectivity index (χ2n) is 3.46. The van der Waals surface area contributed by atoms with Gasteiger partial charge in [-0.15, -0.1) is 11.3 Å². The summed E-state index contributed by atoms with van der Waals surface area (Å²) in [5.41, 5.74) is 1.01. The van der Waals surface area contributed by atoms with Crippen LogP contribution < -0.4 is 0 Å². The van der Waals surface area contributed by atoms with Crippen molar-refractivity contribution < 1.29 is 9.53 Å². The van der Waals surface area contributed by atoms with Crippen molar-refractivity contribution in [3.8, 4) is 0 Å². The van der Waals surface area contributed by atoms with Gasteiger partial charge in [-0.3, -0.25) is 4.79 Å². The fourth-order valence-corrected chi connectivity index (χ4v) is 2.34. The van der Waals surface area contributed by atoms with E-state index in [4.69, 9.17) is 4.74 Å². The average molecular weight is 220 g/mol. The molecule has 0 fully saturated rings. The van der Waals surface area contributed by atoms with Crippen LogP contribution in [0.3, 0.4) is 0 Å². The Hall–Kier alpha value is -1.35. The van der Waals surface area contributed by atoms with Crippen LogP contribution >= 0.6 is 11.3 Å². The maximum atomic E-state index is 11.4. The first-order valence-corrected chi connectivity index (χ1v) is 5.65. The summed E-state index contributed by atoms with van der Waals surface area (Å²) in [5.74, 6) is -0.385. The van der Waals surface area contributed by atoms with Gasteiger partial charge >= 0.3 is 5.97 Å². The van der Waals surface area contributed by atoms with Crippen molar-refractivity contribution in [2.75, 3.05) is 7.11 Å². The number of esters is 1. The van der Waals surface area contributed by atoms with Gasteiger partial charge in [-0.2, -0.15) is 0 Å². The first kappa shape index (κ1) is 10.2. The summed E-state index contributed by atoms with van der Waals surface area (Å²) in [4.78, 5) is 11.4. The molecule has 0 aliphatic heterocycles. The van der Waals surface area contributed by atoms with Crippen molar-refractivity contribution in [1.82, 2.24) is 0 Å². The number of benzene rings is 1. The molecule has 0 bridgehead atoms. The number of rotatable bonds is 2. The minimum absolute atomic E-state index is 0.190. The molecule has 15 heavy (non-hydrogen) atoms. The largest absolute Gasteiger partial charge is 0.469 e. The number of methoxy groups -OCH3 is 1. The normalized spacial score (nSPS) is 12.7. The van der Waals surface area contributed by atoms with E-state index in [9.17, 15) is 4.79 Å². The zero-order valence-corrected chi connectivity index (χ0v) is 9.51. The van der Waals surface area contributed by atoms with Crippen LogP contribution in [0.25, 0.3) is 10.1 Å². The van der Waals surface area contributed by atoms with Gasteiger partial charge < -0.3 is 4.74 Å². The summed E-state index contributed by atoms with van der Waals surface area (Å²) in [5, 5.41) is 3.24. The molecule has 2 nitrogen and oxygen atoms in total. The molecular formula is C12H12O2S. The predicted octanol–water partition coefficient (Wildman–Crippen LogP) is 3.18. The van der Waals surface area contributed by atoms with Gasteiger partial charge in [0, 0.05) is 4.70 Å². The third-order valence-corrected chi connectivity index (χ3v) is 3.43. The van der Waals surface area contributed by atoms with Gasteiger partial charge in [-0.1, -0.05) is 6.07 Å². The molecule has 1 heterocycles. The minimum atomic E-state index is -0.195. The van der Waals surface area contributed by atoms with Crippen LogP contribution in [0, 0.1) is 0 Å². The Bertz CT molecular complexity index is 487. The molecule has 3 heteroatoms. The number of hydrogen-bond acceptors (Lipinski definition) is 3. The number of fused-ring (bicyclic) bond motifs is 1. The topological polar surface area (TPSA) is 26.3 Å². The lowest BCUT2D eigenvalue weighted by Gasteiger charge is -2.09. The molecule has 2 rings (SSSR count). The molecule has 0 radical (unpaired) electrons. The zero-order valence-electron chi connectivity index (χ0n) is 8.69. The second-order valence-corrected chi connectivity index (χ2v) is 4.41. The van der Waals surface area contributed by atoms with E-state index in [2.05, 4.69) is 17.5 Å². The standard InChI is InChI=1S/C12H12O2S/c1-8(12(13)14-2)9-3-4-11-10(7-9)5-6-15-11/h3-8H,1-2H3. The molecule has 0 saturated carbocycles. The van der Waals surface area contributed by atoms with Crippen molar-refractivity contribution in [1.29, 1.82) is 0 Å². The van der Waals surface area contributed by atoms with Gasteiger partial charge in [0.2, 0.25) is 0 Å². The smallest absolute Gasteiger partial charge is 0.312 e. The summed E-state index contributed by atoms with van der Waals surface area (Å²) in [6.45, 7) is 1.86. The molecular weight excluding hydrogens is 208 g/mol. The van der Waals surface area contributed by atoms with Gasteiger partial charge in [-0.05, 0) is 41.5 Å². The van der Waals surface area contributed by atoms with Crippen molar-refractivity contribution in [3.05, 3.63) is 35.2 Å². The van der Waals surface area contributed by atoms with Gasteiger partial charge in [-0.25, -0.2) is 0 Å². The Morgan fingerprint density at radius 1 is 1.40 bits per heavy atom. The molecule has 1 aromatic carbocycles. The van der Waals surface area contributed by atoms with E-state index < -0.39 is 0 Å². The Kier molecular flexibility index (Phi) is 2.73. The van der Waals surface area contributed by atoms with E-state index in [-0.39, 0.29) is 11.9 Å². The SMILES string of the molecule is COC(=O)C(C)c1ccc2sccc2c1. The van der Waals surface area contributed by atoms with Crippen molar-refractivity contribution >= 4 is 27.4 Å². The molecule has 0 aliphatic rings. The molecule has 0 amide bonds. The van der Waals surface area contributed by atoms with Gasteiger partial charge in [0.25, 0.3) is 0 Å². The maximum Gasteiger partial charge on any atom is 0.312 e. The Morgan fingerprint density at radius 2 is 2.20 bits per heavy atom. The summed E-state index contributed by atoms with van der Waals surface area (Å²) in [7, 11) is 1.42. The quantitative estimate of drug-likeness (QED) is 0.726. The fourth-order valence-electron chi connectivity index (χ4n) is 1.57. The van der Waals surface area contributed by atoms with E-state index in [1.165, 1.54) is 17.2 Å². The molecule has 2 aromatic rings. The van der Waals surface area contributed by atoms with Crippen LogP contribution in [0.2, 0.25) is 0 Å². The van der Waals surface area contributed by atoms with E-state index >= 15 is 0 Å². The third kappa shape index (κ3) is 1.88. The second kappa shape index (κ2) is 4.03. The number of thiophene rings is 1. The van der Waals surface area contributed by atoms with E-state index in [1.807, 2.05) is 19.1 Å². The minimum Gasteiger partial charge on any atom is -0.469 e. The van der Waals surface area contributed by atoms with Crippen LogP contribution in [0.5, 0.6) is 0 Å². The van der Waals surface area contributed by atoms with Crippen LogP contribution in [0.15, 0.2) is 29.6 Å². The average Bonchev–Trinajstić information content (AvgIpc) is 2.73. The predicted molar refractivity (Wildman–Crippen MR) is 62.3 cm³/mol. The lowest BCUT2D eigenvalue weighted by Crippen LogP contribution is -2.10. The first-order valence-electron chi connectivity index (χ1n) is 4.77. The number of carbonyl (C=O) groups excluding carboxylic acids is 1. The van der Waals surface area contributed by atoms with Crippen LogP contribution in [0.1, 0.15) is 18.4 Å². The fraction of sp³-hybridized carbons (Fsp3) is 0.250. The lowest BCUT2D eigenvalue weighted by molar-refractivity contribution is -0.141. The van der Waals surface area contributed by atoms with Crippen molar-refractivity contribution in [3.63, 3.8) is 0 Å². The Balaban J connectivity index is 2.39. The molecule has 1 unspecified atom stereocenters. The number of carbonyl (C=O) groups is 1. The summed E-state index contributed by atoms with van der Waals surface area (Å²) < 4.78 is 5.97. The van der Waals surface area contributed by atoms with E-state index in [1.54, 1.807) is 11.3 Å². The Morgan fingerprint density at radius 3 is 2.93 bits per heavy atom. The summed E-state index contributed by atoms with van der Waals surface area (Å²) >= 11 is 1.71. The van der Waals surface area contributed by atoms with E-state index in [0.717, 1.165) is 5.56 Å².